The van der Waals surface area contributed by atoms with Gasteiger partial charge >= 0.3 is 0 Å². The van der Waals surface area contributed by atoms with Crippen LogP contribution >= 0.6 is 15.9 Å². The van der Waals surface area contributed by atoms with Crippen LogP contribution in [0.3, 0.4) is 0 Å². The van der Waals surface area contributed by atoms with E-state index >= 15 is 0 Å². The van der Waals surface area contributed by atoms with E-state index in [0.717, 1.165) is 0 Å². The van der Waals surface area contributed by atoms with Gasteiger partial charge in [0.25, 0.3) is 5.91 Å². The molecular formula is C13H13BrN4O3. The van der Waals surface area contributed by atoms with Crippen LogP contribution in [0.2, 0.25) is 0 Å². The van der Waals surface area contributed by atoms with E-state index in [1.807, 2.05) is 0 Å². The number of carbonyl (C=O) groups excluding carboxylic acids is 1. The molecule has 21 heavy (non-hydrogen) atoms. The van der Waals surface area contributed by atoms with E-state index in [1.165, 1.54) is 0 Å². The summed E-state index contributed by atoms with van der Waals surface area (Å²) in [6, 6.07) is 4.88. The maximum Gasteiger partial charge on any atom is 0.293 e. The van der Waals surface area contributed by atoms with Crippen LogP contribution < -0.4 is 11.1 Å². The van der Waals surface area contributed by atoms with Gasteiger partial charge in [0, 0.05) is 17.0 Å². The lowest BCUT2D eigenvalue weighted by Crippen LogP contribution is -2.15. The Labute approximate surface area is 129 Å². The molecule has 110 valence electrons. The number of amidine groups is 1. The summed E-state index contributed by atoms with van der Waals surface area (Å²) in [5, 5.41) is 14.3. The van der Waals surface area contributed by atoms with E-state index in [4.69, 9.17) is 15.4 Å². The Balaban J connectivity index is 2.24. The molecule has 1 heterocycles. The SMILES string of the molecule is Cc1nc(C)c(C(=O)Nc2ccc(/C(N)=N/O)cc2Br)o1. The molecule has 0 bridgehead atoms. The molecule has 2 rings (SSSR count). The second-order valence-electron chi connectivity index (χ2n) is 4.28. The molecule has 0 saturated carbocycles. The lowest BCUT2D eigenvalue weighted by atomic mass is 10.2. The number of nitrogens with one attached hydrogen (secondary N) is 1. The third-order valence-electron chi connectivity index (χ3n) is 2.73. The maximum atomic E-state index is 12.1. The largest absolute Gasteiger partial charge is 0.436 e. The standard InChI is InChI=1S/C13H13BrN4O3/c1-6-11(21-7(2)16-6)13(19)17-10-4-3-8(5-9(10)14)12(15)18-20/h3-5,20H,1-2H3,(H2,15,18)(H,17,19). The number of oxime groups is 1. The minimum absolute atomic E-state index is 0.0183. The number of halogens is 1. The smallest absolute Gasteiger partial charge is 0.293 e. The summed E-state index contributed by atoms with van der Waals surface area (Å²) >= 11 is 3.32. The van der Waals surface area contributed by atoms with Crippen molar-refractivity contribution in [3.8, 4) is 0 Å². The second kappa shape index (κ2) is 5.96. The Morgan fingerprint density at radius 1 is 1.48 bits per heavy atom. The zero-order chi connectivity index (χ0) is 15.6. The Hall–Kier alpha value is -2.35. The normalized spacial score (nSPS) is 11.5. The monoisotopic (exact) mass is 352 g/mol. The summed E-state index contributed by atoms with van der Waals surface area (Å²) < 4.78 is 5.85. The summed E-state index contributed by atoms with van der Waals surface area (Å²) in [6.45, 7) is 3.37. The molecule has 0 aliphatic rings. The maximum absolute atomic E-state index is 12.1. The zero-order valence-electron chi connectivity index (χ0n) is 11.3. The first kappa shape index (κ1) is 15.0. The van der Waals surface area contributed by atoms with E-state index in [9.17, 15) is 4.79 Å². The van der Waals surface area contributed by atoms with Gasteiger partial charge in [-0.2, -0.15) is 0 Å². The highest BCUT2D eigenvalue weighted by Gasteiger charge is 2.17. The van der Waals surface area contributed by atoms with Crippen LogP contribution in [0.1, 0.15) is 27.7 Å². The third kappa shape index (κ3) is 3.22. The summed E-state index contributed by atoms with van der Waals surface area (Å²) in [4.78, 5) is 16.2. The van der Waals surface area contributed by atoms with Gasteiger partial charge < -0.3 is 20.7 Å². The molecule has 0 spiro atoms. The van der Waals surface area contributed by atoms with Gasteiger partial charge in [-0.25, -0.2) is 4.98 Å². The molecule has 2 aromatic rings. The van der Waals surface area contributed by atoms with Gasteiger partial charge in [0.15, 0.2) is 11.7 Å². The fourth-order valence-electron chi connectivity index (χ4n) is 1.75. The van der Waals surface area contributed by atoms with Gasteiger partial charge in [0.1, 0.15) is 0 Å². The summed E-state index contributed by atoms with van der Waals surface area (Å²) in [7, 11) is 0. The van der Waals surface area contributed by atoms with Crippen molar-refractivity contribution in [1.29, 1.82) is 0 Å². The number of anilines is 1. The first-order valence-electron chi connectivity index (χ1n) is 5.95. The van der Waals surface area contributed by atoms with Gasteiger partial charge in [0.05, 0.1) is 11.4 Å². The minimum atomic E-state index is -0.398. The van der Waals surface area contributed by atoms with Crippen molar-refractivity contribution in [2.45, 2.75) is 13.8 Å². The van der Waals surface area contributed by atoms with Crippen molar-refractivity contribution in [2.24, 2.45) is 10.9 Å². The fourth-order valence-corrected chi connectivity index (χ4v) is 2.23. The molecule has 8 heteroatoms. The van der Waals surface area contributed by atoms with Gasteiger partial charge in [-0.1, -0.05) is 5.16 Å². The highest BCUT2D eigenvalue weighted by atomic mass is 79.9. The minimum Gasteiger partial charge on any atom is -0.436 e. The molecule has 0 saturated heterocycles. The number of benzene rings is 1. The van der Waals surface area contributed by atoms with Crippen molar-refractivity contribution in [2.75, 3.05) is 5.32 Å². The van der Waals surface area contributed by atoms with Crippen LogP contribution in [0.5, 0.6) is 0 Å². The van der Waals surface area contributed by atoms with Crippen molar-refractivity contribution in [1.82, 2.24) is 4.98 Å². The summed E-state index contributed by atoms with van der Waals surface area (Å²) in [5.74, 6) is 0.180. The first-order valence-corrected chi connectivity index (χ1v) is 6.74. The number of carbonyl (C=O) groups is 1. The molecule has 1 amide bonds. The number of hydrogen-bond acceptors (Lipinski definition) is 5. The Bertz CT molecular complexity index is 724. The van der Waals surface area contributed by atoms with Gasteiger partial charge in [-0.05, 0) is 41.1 Å². The number of nitrogens with two attached hydrogens (primary N) is 1. The van der Waals surface area contributed by atoms with E-state index < -0.39 is 5.91 Å². The number of rotatable bonds is 3. The Morgan fingerprint density at radius 3 is 2.71 bits per heavy atom. The molecule has 1 aromatic carbocycles. The molecule has 4 N–H and O–H groups in total. The highest BCUT2D eigenvalue weighted by molar-refractivity contribution is 9.10. The molecule has 7 nitrogen and oxygen atoms in total. The first-order chi connectivity index (χ1) is 9.92. The van der Waals surface area contributed by atoms with E-state index in [-0.39, 0.29) is 11.6 Å². The van der Waals surface area contributed by atoms with Crippen LogP contribution in [-0.4, -0.2) is 21.9 Å². The fraction of sp³-hybridized carbons (Fsp3) is 0.154. The van der Waals surface area contributed by atoms with Crippen LogP contribution in [0.25, 0.3) is 0 Å². The van der Waals surface area contributed by atoms with Crippen LogP contribution in [-0.2, 0) is 0 Å². The Kier molecular flexibility index (Phi) is 4.27. The average molecular weight is 353 g/mol. The predicted molar refractivity (Wildman–Crippen MR) is 80.6 cm³/mol. The third-order valence-corrected chi connectivity index (χ3v) is 3.39. The van der Waals surface area contributed by atoms with E-state index in [2.05, 4.69) is 31.4 Å². The molecule has 0 fully saturated rings. The quantitative estimate of drug-likeness (QED) is 0.339. The molecule has 0 atom stereocenters. The molecule has 0 aliphatic heterocycles. The highest BCUT2D eigenvalue weighted by Crippen LogP contribution is 2.24. The molecule has 0 radical (unpaired) electrons. The topological polar surface area (TPSA) is 114 Å². The molecule has 1 aromatic heterocycles. The van der Waals surface area contributed by atoms with Crippen LogP contribution in [0.4, 0.5) is 5.69 Å². The number of amides is 1. The molecule has 0 aliphatic carbocycles. The van der Waals surface area contributed by atoms with Crippen molar-refractivity contribution >= 4 is 33.4 Å². The van der Waals surface area contributed by atoms with Crippen LogP contribution in [0, 0.1) is 13.8 Å². The molecular weight excluding hydrogens is 340 g/mol. The van der Waals surface area contributed by atoms with Crippen molar-refractivity contribution in [3.05, 3.63) is 45.6 Å². The zero-order valence-corrected chi connectivity index (χ0v) is 12.9. The number of aryl methyl sites for hydroxylation is 2. The van der Waals surface area contributed by atoms with E-state index in [1.54, 1.807) is 32.0 Å². The Morgan fingerprint density at radius 2 is 2.19 bits per heavy atom. The van der Waals surface area contributed by atoms with Crippen LogP contribution in [0.15, 0.2) is 32.2 Å². The number of nitrogens with zero attached hydrogens (tertiary/aromatic N) is 2. The average Bonchev–Trinajstić information content (AvgIpc) is 2.79. The van der Waals surface area contributed by atoms with E-state index in [0.29, 0.717) is 27.3 Å². The number of hydrogen-bond donors (Lipinski definition) is 3. The summed E-state index contributed by atoms with van der Waals surface area (Å²) in [6.07, 6.45) is 0. The van der Waals surface area contributed by atoms with Crippen molar-refractivity contribution in [3.63, 3.8) is 0 Å². The second-order valence-corrected chi connectivity index (χ2v) is 5.14. The molecule has 0 unspecified atom stereocenters. The van der Waals surface area contributed by atoms with Crippen molar-refractivity contribution < 1.29 is 14.4 Å². The van der Waals surface area contributed by atoms with Gasteiger partial charge in [-0.15, -0.1) is 0 Å². The number of oxazole rings is 1. The summed E-state index contributed by atoms with van der Waals surface area (Å²) in [5.41, 5.74) is 7.07. The predicted octanol–water partition coefficient (Wildman–Crippen LogP) is 2.40. The lowest BCUT2D eigenvalue weighted by molar-refractivity contribution is 0.0994. The van der Waals surface area contributed by atoms with Gasteiger partial charge in [0.2, 0.25) is 5.76 Å². The lowest BCUT2D eigenvalue weighted by Gasteiger charge is -2.08. The number of aromatic nitrogens is 1. The van der Waals surface area contributed by atoms with Gasteiger partial charge in [-0.3, -0.25) is 4.79 Å².